The molecule has 0 amide bonds. The van der Waals surface area contributed by atoms with E-state index in [1.165, 1.54) is 55.6 Å². The summed E-state index contributed by atoms with van der Waals surface area (Å²) in [6.07, 6.45) is 0. The van der Waals surface area contributed by atoms with Crippen molar-refractivity contribution < 1.29 is 9.47 Å². The molecule has 0 radical (unpaired) electrons. The summed E-state index contributed by atoms with van der Waals surface area (Å²) in [5, 5.41) is 2.32. The van der Waals surface area contributed by atoms with Crippen LogP contribution in [-0.4, -0.2) is 0 Å². The summed E-state index contributed by atoms with van der Waals surface area (Å²) >= 11 is 0. The summed E-state index contributed by atoms with van der Waals surface area (Å²) in [7, 11) is 0. The number of para-hydroxylation sites is 5. The number of anilines is 3. The Morgan fingerprint density at radius 3 is 1.27 bits per heavy atom. The van der Waals surface area contributed by atoms with E-state index in [0.717, 1.165) is 84.2 Å². The highest BCUT2D eigenvalue weighted by molar-refractivity contribution is 6.06. The lowest BCUT2D eigenvalue weighted by Gasteiger charge is -2.40. The first-order chi connectivity index (χ1) is 37.2. The van der Waals surface area contributed by atoms with Crippen LogP contribution in [0.5, 0.6) is 23.0 Å². The molecule has 0 atom stereocenters. The van der Waals surface area contributed by atoms with Crippen LogP contribution in [0.2, 0.25) is 0 Å². The van der Waals surface area contributed by atoms with Gasteiger partial charge in [-0.05, 0) is 127 Å². The Balaban J connectivity index is 0.973. The van der Waals surface area contributed by atoms with Crippen molar-refractivity contribution in [1.82, 2.24) is 0 Å². The molecule has 0 fully saturated rings. The van der Waals surface area contributed by atoms with Gasteiger partial charge in [0.15, 0.2) is 0 Å². The fourth-order valence-corrected chi connectivity index (χ4v) is 13.6. The van der Waals surface area contributed by atoms with E-state index in [4.69, 9.17) is 9.47 Å². The van der Waals surface area contributed by atoms with E-state index in [1.54, 1.807) is 0 Å². The first kappa shape index (κ1) is 41.9. The van der Waals surface area contributed by atoms with Gasteiger partial charge in [-0.1, -0.05) is 212 Å². The highest BCUT2D eigenvalue weighted by Crippen LogP contribution is 2.65. The molecular formula is C72H45NO2. The van der Waals surface area contributed by atoms with Crippen LogP contribution >= 0.6 is 0 Å². The fourth-order valence-electron chi connectivity index (χ4n) is 13.6. The van der Waals surface area contributed by atoms with Gasteiger partial charge in [0.2, 0.25) is 0 Å². The molecule has 3 heteroatoms. The van der Waals surface area contributed by atoms with E-state index in [-0.39, 0.29) is 0 Å². The molecule has 12 aromatic carbocycles. The summed E-state index contributed by atoms with van der Waals surface area (Å²) in [6.45, 7) is 0. The van der Waals surface area contributed by atoms with Crippen molar-refractivity contribution in [3.8, 4) is 67.5 Å². The van der Waals surface area contributed by atoms with Crippen molar-refractivity contribution in [2.75, 3.05) is 4.90 Å². The summed E-state index contributed by atoms with van der Waals surface area (Å²) < 4.78 is 13.5. The van der Waals surface area contributed by atoms with E-state index < -0.39 is 10.8 Å². The van der Waals surface area contributed by atoms with Gasteiger partial charge in [0.05, 0.1) is 22.2 Å². The quantitative estimate of drug-likeness (QED) is 0.172. The summed E-state index contributed by atoms with van der Waals surface area (Å²) in [4.78, 5) is 2.53. The van der Waals surface area contributed by atoms with E-state index >= 15 is 0 Å². The Morgan fingerprint density at radius 2 is 0.680 bits per heavy atom. The Morgan fingerprint density at radius 1 is 0.253 bits per heavy atom. The molecule has 0 saturated carbocycles. The molecule has 2 heterocycles. The molecule has 2 aliphatic heterocycles. The SMILES string of the molecule is c1ccc(-c2ccc(-c3ccccc3N(c3ccc4c(c3)C3(c5ccccc5Oc5ccccc53)c3ccccc3-4)c3cccc4cc5c(cc34)-c3ccccc3C53c4ccccc4Oc4ccccc43)cc2)cc1. The van der Waals surface area contributed by atoms with E-state index in [9.17, 15) is 0 Å². The second-order valence-corrected chi connectivity index (χ2v) is 20.2. The van der Waals surface area contributed by atoms with Crippen LogP contribution in [0.1, 0.15) is 44.5 Å². The third-order valence-corrected chi connectivity index (χ3v) is 16.6. The van der Waals surface area contributed by atoms with Crippen molar-refractivity contribution in [1.29, 1.82) is 0 Å². The van der Waals surface area contributed by atoms with Crippen molar-refractivity contribution >= 4 is 27.8 Å². The van der Waals surface area contributed by atoms with Crippen LogP contribution < -0.4 is 14.4 Å². The normalized spacial score (nSPS) is 14.0. The van der Waals surface area contributed by atoms with Gasteiger partial charge in [-0.3, -0.25) is 0 Å². The van der Waals surface area contributed by atoms with Gasteiger partial charge in [0.1, 0.15) is 23.0 Å². The van der Waals surface area contributed by atoms with E-state index in [2.05, 4.69) is 278 Å². The van der Waals surface area contributed by atoms with Crippen LogP contribution in [-0.2, 0) is 10.8 Å². The maximum absolute atomic E-state index is 6.78. The Hall–Kier alpha value is -9.70. The highest BCUT2D eigenvalue weighted by Gasteiger charge is 2.53. The topological polar surface area (TPSA) is 21.7 Å². The maximum Gasteiger partial charge on any atom is 0.132 e. The Kier molecular flexibility index (Phi) is 8.88. The molecule has 0 N–H and O–H groups in total. The average molecular weight is 956 g/mol. The third-order valence-electron chi connectivity index (χ3n) is 16.6. The lowest BCUT2D eigenvalue weighted by Crippen LogP contribution is -2.32. The molecule has 12 aromatic rings. The van der Waals surface area contributed by atoms with Crippen molar-refractivity contribution in [2.45, 2.75) is 10.8 Å². The predicted octanol–water partition coefficient (Wildman–Crippen LogP) is 18.6. The second-order valence-electron chi connectivity index (χ2n) is 20.2. The lowest BCUT2D eigenvalue weighted by atomic mass is 9.66. The third kappa shape index (κ3) is 5.75. The van der Waals surface area contributed by atoms with Gasteiger partial charge >= 0.3 is 0 Å². The summed E-state index contributed by atoms with van der Waals surface area (Å²) in [5.41, 5.74) is 21.2. The molecule has 0 aromatic heterocycles. The molecule has 75 heavy (non-hydrogen) atoms. The molecule has 0 unspecified atom stereocenters. The standard InChI is InChI=1S/C72H45NO2/c1-2-19-46(20-3-1)47-37-39-48(40-38-47)51-22-6-13-31-65(51)73(50-41-42-54-52-23-4-7-25-57(52)72(64(54)44-50)61-29-11-16-35-69(61)75-70-36-17-12-30-62(70)72)66-32-18-21-49-43-63-56(45-55(49)66)53-24-5-8-26-58(53)71(63)59-27-9-14-33-67(59)74-68-34-15-10-28-60(68)71/h1-45H. The predicted molar refractivity (Wildman–Crippen MR) is 304 cm³/mol. The van der Waals surface area contributed by atoms with E-state index in [1.807, 2.05) is 0 Å². The first-order valence-corrected chi connectivity index (χ1v) is 25.9. The van der Waals surface area contributed by atoms with Crippen molar-refractivity contribution in [3.63, 3.8) is 0 Å². The van der Waals surface area contributed by atoms with Crippen molar-refractivity contribution in [3.05, 3.63) is 317 Å². The number of hydrogen-bond donors (Lipinski definition) is 0. The van der Waals surface area contributed by atoms with Gasteiger partial charge in [-0.15, -0.1) is 0 Å². The van der Waals surface area contributed by atoms with Crippen LogP contribution in [0, 0.1) is 0 Å². The molecule has 2 aliphatic carbocycles. The number of fused-ring (bicyclic) bond motifs is 19. The zero-order chi connectivity index (χ0) is 49.2. The van der Waals surface area contributed by atoms with Crippen LogP contribution in [0.25, 0.3) is 55.3 Å². The van der Waals surface area contributed by atoms with Crippen LogP contribution in [0.4, 0.5) is 17.1 Å². The zero-order valence-corrected chi connectivity index (χ0v) is 40.7. The van der Waals surface area contributed by atoms with E-state index in [0.29, 0.717) is 0 Å². The number of hydrogen-bond acceptors (Lipinski definition) is 3. The number of nitrogens with zero attached hydrogens (tertiary/aromatic N) is 1. The molecule has 4 aliphatic rings. The molecule has 0 bridgehead atoms. The van der Waals surface area contributed by atoms with Crippen LogP contribution in [0.3, 0.4) is 0 Å². The first-order valence-electron chi connectivity index (χ1n) is 25.9. The minimum atomic E-state index is -0.639. The molecule has 2 spiro atoms. The molecule has 3 nitrogen and oxygen atoms in total. The fraction of sp³-hybridized carbons (Fsp3) is 0.0278. The molecule has 16 rings (SSSR count). The maximum atomic E-state index is 6.78. The highest BCUT2D eigenvalue weighted by atomic mass is 16.5. The number of rotatable bonds is 5. The minimum absolute atomic E-state index is 0.584. The largest absolute Gasteiger partial charge is 0.457 e. The Labute approximate surface area is 435 Å². The van der Waals surface area contributed by atoms with Crippen molar-refractivity contribution in [2.24, 2.45) is 0 Å². The summed E-state index contributed by atoms with van der Waals surface area (Å²) in [5.74, 6) is 3.53. The lowest BCUT2D eigenvalue weighted by molar-refractivity contribution is 0.436. The van der Waals surface area contributed by atoms with Gasteiger partial charge in [-0.25, -0.2) is 0 Å². The van der Waals surface area contributed by atoms with Gasteiger partial charge in [0.25, 0.3) is 0 Å². The number of ether oxygens (including phenoxy) is 2. The van der Waals surface area contributed by atoms with Gasteiger partial charge in [-0.2, -0.15) is 0 Å². The smallest absolute Gasteiger partial charge is 0.132 e. The Bertz CT molecular complexity index is 4230. The van der Waals surface area contributed by atoms with Crippen LogP contribution in [0.15, 0.2) is 273 Å². The molecule has 350 valence electrons. The average Bonchev–Trinajstić information content (AvgIpc) is 4.15. The summed E-state index contributed by atoms with van der Waals surface area (Å²) in [6, 6.07) is 100. The zero-order valence-electron chi connectivity index (χ0n) is 40.7. The monoisotopic (exact) mass is 955 g/mol. The van der Waals surface area contributed by atoms with Gasteiger partial charge < -0.3 is 14.4 Å². The second kappa shape index (κ2) is 15.9. The van der Waals surface area contributed by atoms with Gasteiger partial charge in [0, 0.05) is 38.9 Å². The minimum Gasteiger partial charge on any atom is -0.457 e. The number of benzene rings is 12. The molecular weight excluding hydrogens is 911 g/mol. The molecule has 0 saturated heterocycles.